The summed E-state index contributed by atoms with van der Waals surface area (Å²) in [6, 6.07) is 15.8. The van der Waals surface area contributed by atoms with E-state index in [1.54, 1.807) is 30.5 Å². The maximum absolute atomic E-state index is 12.5. The Morgan fingerprint density at radius 3 is 2.70 bits per heavy atom. The molecular weight excluding hydrogens is 366 g/mol. The SMILES string of the molecule is O=C(Nc1ccc2cccnc2c1)c1ccc(N2CCOCS2(=O)=O)cc1. The molecule has 0 saturated carbocycles. The maximum Gasteiger partial charge on any atom is 0.259 e. The van der Waals surface area contributed by atoms with E-state index in [4.69, 9.17) is 4.74 Å². The summed E-state index contributed by atoms with van der Waals surface area (Å²) < 4.78 is 30.4. The summed E-state index contributed by atoms with van der Waals surface area (Å²) in [5.41, 5.74) is 2.39. The highest BCUT2D eigenvalue weighted by molar-refractivity contribution is 7.92. The minimum Gasteiger partial charge on any atom is -0.362 e. The van der Waals surface area contributed by atoms with Crippen molar-refractivity contribution in [3.63, 3.8) is 0 Å². The predicted molar refractivity (Wildman–Crippen MR) is 103 cm³/mol. The third-order valence-corrected chi connectivity index (χ3v) is 5.82. The number of hydrogen-bond donors (Lipinski definition) is 1. The Balaban J connectivity index is 1.52. The number of rotatable bonds is 3. The van der Waals surface area contributed by atoms with Crippen LogP contribution in [0.5, 0.6) is 0 Å². The lowest BCUT2D eigenvalue weighted by atomic mass is 10.1. The van der Waals surface area contributed by atoms with Crippen LogP contribution < -0.4 is 9.62 Å². The molecule has 0 bridgehead atoms. The topological polar surface area (TPSA) is 88.6 Å². The van der Waals surface area contributed by atoms with Crippen LogP contribution in [-0.4, -0.2) is 38.4 Å². The van der Waals surface area contributed by atoms with E-state index in [2.05, 4.69) is 10.3 Å². The van der Waals surface area contributed by atoms with Gasteiger partial charge in [-0.15, -0.1) is 0 Å². The molecule has 1 fully saturated rings. The Labute approximate surface area is 156 Å². The van der Waals surface area contributed by atoms with Gasteiger partial charge in [0.15, 0.2) is 5.94 Å². The molecule has 0 unspecified atom stereocenters. The summed E-state index contributed by atoms with van der Waals surface area (Å²) in [6.45, 7) is 0.607. The van der Waals surface area contributed by atoms with Gasteiger partial charge in [-0.1, -0.05) is 12.1 Å². The molecule has 1 aliphatic heterocycles. The zero-order valence-electron chi connectivity index (χ0n) is 14.3. The molecule has 138 valence electrons. The number of ether oxygens (including phenoxy) is 1. The second-order valence-electron chi connectivity index (χ2n) is 6.12. The summed E-state index contributed by atoms with van der Waals surface area (Å²) in [7, 11) is -3.48. The van der Waals surface area contributed by atoms with Crippen molar-refractivity contribution in [1.82, 2.24) is 4.98 Å². The van der Waals surface area contributed by atoms with E-state index < -0.39 is 10.0 Å². The number of carbonyl (C=O) groups is 1. The number of benzene rings is 2. The summed E-state index contributed by atoms with van der Waals surface area (Å²) >= 11 is 0. The van der Waals surface area contributed by atoms with E-state index in [1.165, 1.54) is 4.31 Å². The molecule has 3 aromatic rings. The van der Waals surface area contributed by atoms with Gasteiger partial charge in [0.2, 0.25) is 0 Å². The smallest absolute Gasteiger partial charge is 0.259 e. The quantitative estimate of drug-likeness (QED) is 0.751. The highest BCUT2D eigenvalue weighted by atomic mass is 32.2. The molecule has 0 atom stereocenters. The minimum absolute atomic E-state index is 0.262. The molecule has 1 amide bonds. The molecular formula is C19H17N3O4S. The van der Waals surface area contributed by atoms with Crippen LogP contribution in [0.4, 0.5) is 11.4 Å². The number of amides is 1. The van der Waals surface area contributed by atoms with Crippen LogP contribution in [0.25, 0.3) is 10.9 Å². The van der Waals surface area contributed by atoms with Crippen molar-refractivity contribution in [2.24, 2.45) is 0 Å². The first-order valence-electron chi connectivity index (χ1n) is 8.37. The number of anilines is 2. The third-order valence-electron chi connectivity index (χ3n) is 4.29. The van der Waals surface area contributed by atoms with Crippen molar-refractivity contribution in [2.45, 2.75) is 0 Å². The van der Waals surface area contributed by atoms with Gasteiger partial charge in [0, 0.05) is 22.8 Å². The number of fused-ring (bicyclic) bond motifs is 1. The first-order valence-corrected chi connectivity index (χ1v) is 9.98. The Kier molecular flexibility index (Phi) is 4.51. The largest absolute Gasteiger partial charge is 0.362 e. The van der Waals surface area contributed by atoms with Gasteiger partial charge in [-0.3, -0.25) is 14.1 Å². The van der Waals surface area contributed by atoms with Crippen molar-refractivity contribution in [3.8, 4) is 0 Å². The molecule has 8 heteroatoms. The Morgan fingerprint density at radius 2 is 1.93 bits per heavy atom. The Hall–Kier alpha value is -2.97. The van der Waals surface area contributed by atoms with E-state index in [1.807, 2.05) is 30.3 Å². The fourth-order valence-corrected chi connectivity index (χ4v) is 4.18. The minimum atomic E-state index is -3.48. The fourth-order valence-electron chi connectivity index (χ4n) is 2.93. The normalized spacial score (nSPS) is 16.2. The van der Waals surface area contributed by atoms with Crippen LogP contribution >= 0.6 is 0 Å². The van der Waals surface area contributed by atoms with Gasteiger partial charge in [-0.25, -0.2) is 8.42 Å². The van der Waals surface area contributed by atoms with E-state index in [0.717, 1.165) is 10.9 Å². The summed E-state index contributed by atoms with van der Waals surface area (Å²) in [5.74, 6) is -0.604. The van der Waals surface area contributed by atoms with Crippen LogP contribution in [0.15, 0.2) is 60.8 Å². The van der Waals surface area contributed by atoms with E-state index >= 15 is 0 Å². The molecule has 0 radical (unpaired) electrons. The van der Waals surface area contributed by atoms with Gasteiger partial charge in [-0.2, -0.15) is 0 Å². The lowest BCUT2D eigenvalue weighted by Gasteiger charge is -2.28. The van der Waals surface area contributed by atoms with Gasteiger partial charge in [0.05, 0.1) is 24.4 Å². The molecule has 1 N–H and O–H groups in total. The lowest BCUT2D eigenvalue weighted by molar-refractivity contribution is 0.102. The zero-order valence-corrected chi connectivity index (χ0v) is 15.1. The molecule has 27 heavy (non-hydrogen) atoms. The molecule has 7 nitrogen and oxygen atoms in total. The summed E-state index contributed by atoms with van der Waals surface area (Å²) in [6.07, 6.45) is 1.70. The fraction of sp³-hybridized carbons (Fsp3) is 0.158. The molecule has 0 spiro atoms. The number of hydrogen-bond acceptors (Lipinski definition) is 5. The number of pyridine rings is 1. The van der Waals surface area contributed by atoms with E-state index in [0.29, 0.717) is 23.5 Å². The molecule has 2 heterocycles. The molecule has 1 aromatic heterocycles. The molecule has 0 aliphatic carbocycles. The predicted octanol–water partition coefficient (Wildman–Crippen LogP) is 2.61. The molecule has 2 aromatic carbocycles. The van der Waals surface area contributed by atoms with Crippen LogP contribution in [0.1, 0.15) is 10.4 Å². The van der Waals surface area contributed by atoms with Gasteiger partial charge in [0.1, 0.15) is 0 Å². The van der Waals surface area contributed by atoms with Crippen LogP contribution in [-0.2, 0) is 14.8 Å². The van der Waals surface area contributed by atoms with Gasteiger partial charge >= 0.3 is 0 Å². The third kappa shape index (κ3) is 3.62. The lowest BCUT2D eigenvalue weighted by Crippen LogP contribution is -2.41. The van der Waals surface area contributed by atoms with Crippen LogP contribution in [0.3, 0.4) is 0 Å². The second-order valence-corrected chi connectivity index (χ2v) is 7.96. The Bertz CT molecular complexity index is 1100. The van der Waals surface area contributed by atoms with Crippen LogP contribution in [0, 0.1) is 0 Å². The number of carbonyl (C=O) groups excluding carboxylic acids is 1. The summed E-state index contributed by atoms with van der Waals surface area (Å²) in [4.78, 5) is 16.8. The summed E-state index contributed by atoms with van der Waals surface area (Å²) in [5, 5.41) is 3.83. The van der Waals surface area contributed by atoms with Crippen LogP contribution in [0.2, 0.25) is 0 Å². The maximum atomic E-state index is 12.5. The van der Waals surface area contributed by atoms with Crippen molar-refractivity contribution in [2.75, 3.05) is 28.7 Å². The zero-order chi connectivity index (χ0) is 18.9. The van der Waals surface area contributed by atoms with Gasteiger partial charge in [0.25, 0.3) is 15.9 Å². The average Bonchev–Trinajstić information content (AvgIpc) is 2.68. The van der Waals surface area contributed by atoms with E-state index in [-0.39, 0.29) is 18.4 Å². The van der Waals surface area contributed by atoms with Crippen molar-refractivity contribution in [3.05, 3.63) is 66.4 Å². The molecule has 4 rings (SSSR count). The van der Waals surface area contributed by atoms with Gasteiger partial charge in [-0.05, 0) is 42.5 Å². The first kappa shape index (κ1) is 17.4. The number of nitrogens with one attached hydrogen (secondary N) is 1. The first-order chi connectivity index (χ1) is 13.0. The average molecular weight is 383 g/mol. The van der Waals surface area contributed by atoms with E-state index in [9.17, 15) is 13.2 Å². The second kappa shape index (κ2) is 6.98. The number of nitrogens with zero attached hydrogens (tertiary/aromatic N) is 2. The monoisotopic (exact) mass is 383 g/mol. The van der Waals surface area contributed by atoms with Crippen molar-refractivity contribution in [1.29, 1.82) is 0 Å². The number of sulfonamides is 1. The van der Waals surface area contributed by atoms with Crippen molar-refractivity contribution >= 4 is 38.2 Å². The molecule has 1 aliphatic rings. The highest BCUT2D eigenvalue weighted by Gasteiger charge is 2.26. The van der Waals surface area contributed by atoms with Gasteiger partial charge < -0.3 is 10.1 Å². The Morgan fingerprint density at radius 1 is 1.11 bits per heavy atom. The van der Waals surface area contributed by atoms with Crippen molar-refractivity contribution < 1.29 is 17.9 Å². The standard InChI is InChI=1S/C19H17N3O4S/c23-19(21-16-6-3-14-2-1-9-20-18(14)12-16)15-4-7-17(8-5-15)22-10-11-26-13-27(22,24)25/h1-9,12H,10-11,13H2,(H,21,23). The number of aromatic nitrogens is 1. The highest BCUT2D eigenvalue weighted by Crippen LogP contribution is 2.22. The molecule has 1 saturated heterocycles.